The molecule has 0 aliphatic rings. The van der Waals surface area contributed by atoms with E-state index in [0.29, 0.717) is 32.2 Å². The quantitative estimate of drug-likeness (QED) is 0.772. The summed E-state index contributed by atoms with van der Waals surface area (Å²) in [4.78, 5) is 17.4. The van der Waals surface area contributed by atoms with Gasteiger partial charge < -0.3 is 11.1 Å². The highest BCUT2D eigenvalue weighted by Gasteiger charge is 2.17. The van der Waals surface area contributed by atoms with Crippen LogP contribution < -0.4 is 11.1 Å². The molecule has 0 aliphatic heterocycles. The van der Waals surface area contributed by atoms with E-state index >= 15 is 0 Å². The average molecular weight is 358 g/mol. The van der Waals surface area contributed by atoms with E-state index in [4.69, 9.17) is 28.9 Å². The lowest BCUT2D eigenvalue weighted by atomic mass is 10.1. The molecule has 0 fully saturated rings. The fourth-order valence-corrected chi connectivity index (χ4v) is 3.60. The largest absolute Gasteiger partial charge is 0.396 e. The van der Waals surface area contributed by atoms with Crippen LogP contribution >= 0.6 is 34.5 Å². The van der Waals surface area contributed by atoms with E-state index in [-0.39, 0.29) is 5.91 Å². The summed E-state index contributed by atoms with van der Waals surface area (Å²) in [5.41, 5.74) is 7.22. The Hall–Kier alpha value is -1.30. The van der Waals surface area contributed by atoms with Crippen molar-refractivity contribution in [2.45, 2.75) is 27.2 Å². The van der Waals surface area contributed by atoms with Crippen molar-refractivity contribution in [2.24, 2.45) is 5.92 Å². The Morgan fingerprint density at radius 3 is 2.50 bits per heavy atom. The molecule has 0 atom stereocenters. The van der Waals surface area contributed by atoms with Crippen molar-refractivity contribution in [1.82, 2.24) is 4.98 Å². The molecule has 1 amide bonds. The number of aryl methyl sites for hydroxylation is 1. The number of halogens is 2. The summed E-state index contributed by atoms with van der Waals surface area (Å²) in [5.74, 6) is 0.276. The monoisotopic (exact) mass is 357 g/mol. The van der Waals surface area contributed by atoms with Crippen LogP contribution in [-0.2, 0) is 6.42 Å². The first-order valence-corrected chi connectivity index (χ1v) is 8.37. The van der Waals surface area contributed by atoms with Crippen LogP contribution in [-0.4, -0.2) is 10.9 Å². The van der Waals surface area contributed by atoms with Crippen LogP contribution in [0.4, 0.5) is 11.4 Å². The molecule has 22 heavy (non-hydrogen) atoms. The van der Waals surface area contributed by atoms with Crippen molar-refractivity contribution >= 4 is 51.8 Å². The van der Waals surface area contributed by atoms with Crippen LogP contribution in [0.1, 0.15) is 34.2 Å². The zero-order valence-corrected chi connectivity index (χ0v) is 14.9. The van der Waals surface area contributed by atoms with Crippen molar-refractivity contribution < 1.29 is 4.79 Å². The van der Waals surface area contributed by atoms with Crippen molar-refractivity contribution in [2.75, 3.05) is 11.1 Å². The molecule has 0 spiro atoms. The van der Waals surface area contributed by atoms with Gasteiger partial charge in [0.25, 0.3) is 5.91 Å². The molecule has 1 heterocycles. The number of rotatable bonds is 4. The van der Waals surface area contributed by atoms with Crippen LogP contribution in [0.25, 0.3) is 0 Å². The highest BCUT2D eigenvalue weighted by molar-refractivity contribution is 7.13. The highest BCUT2D eigenvalue weighted by Crippen LogP contribution is 2.31. The molecule has 1 aromatic heterocycles. The van der Waals surface area contributed by atoms with Gasteiger partial charge in [-0.1, -0.05) is 37.0 Å². The number of hydrogen-bond donors (Lipinski definition) is 2. The zero-order chi connectivity index (χ0) is 16.4. The fourth-order valence-electron chi connectivity index (χ4n) is 1.94. The maximum absolute atomic E-state index is 12.4. The van der Waals surface area contributed by atoms with Crippen molar-refractivity contribution in [3.63, 3.8) is 0 Å². The van der Waals surface area contributed by atoms with Crippen molar-refractivity contribution in [3.8, 4) is 0 Å². The highest BCUT2D eigenvalue weighted by atomic mass is 35.5. The van der Waals surface area contributed by atoms with Crippen molar-refractivity contribution in [1.29, 1.82) is 0 Å². The maximum atomic E-state index is 12.4. The summed E-state index contributed by atoms with van der Waals surface area (Å²) in [6.45, 7) is 6.07. The summed E-state index contributed by atoms with van der Waals surface area (Å²) in [7, 11) is 0. The summed E-state index contributed by atoms with van der Waals surface area (Å²) < 4.78 is 0. The summed E-state index contributed by atoms with van der Waals surface area (Å²) in [5, 5.41) is 4.36. The third kappa shape index (κ3) is 3.91. The number of nitrogen functional groups attached to an aromatic ring is 1. The predicted molar refractivity (Wildman–Crippen MR) is 94.2 cm³/mol. The van der Waals surface area contributed by atoms with Gasteiger partial charge in [0, 0.05) is 12.1 Å². The lowest BCUT2D eigenvalue weighted by Crippen LogP contribution is -2.11. The maximum Gasteiger partial charge on any atom is 0.267 e. The molecule has 0 bridgehead atoms. The van der Waals surface area contributed by atoms with E-state index < -0.39 is 0 Å². The molecule has 4 nitrogen and oxygen atoms in total. The van der Waals surface area contributed by atoms with E-state index in [0.717, 1.165) is 17.1 Å². The molecule has 3 N–H and O–H groups in total. The second-order valence-electron chi connectivity index (χ2n) is 5.43. The number of amides is 1. The molecule has 118 valence electrons. The molecular formula is C15H17Cl2N3OS. The van der Waals surface area contributed by atoms with Gasteiger partial charge in [-0.15, -0.1) is 11.3 Å². The first-order valence-electron chi connectivity index (χ1n) is 6.80. The van der Waals surface area contributed by atoms with Gasteiger partial charge >= 0.3 is 0 Å². The van der Waals surface area contributed by atoms with Crippen LogP contribution in [0.2, 0.25) is 10.0 Å². The number of benzene rings is 1. The Morgan fingerprint density at radius 1 is 1.36 bits per heavy atom. The smallest absolute Gasteiger partial charge is 0.267 e. The van der Waals surface area contributed by atoms with Gasteiger partial charge in [-0.2, -0.15) is 0 Å². The molecule has 0 aliphatic carbocycles. The van der Waals surface area contributed by atoms with E-state index in [1.807, 2.05) is 6.92 Å². The normalized spacial score (nSPS) is 11.0. The van der Waals surface area contributed by atoms with Gasteiger partial charge in [-0.25, -0.2) is 4.98 Å². The molecule has 0 unspecified atom stereocenters. The number of thiazole rings is 1. The Balaban J connectivity index is 2.21. The molecular weight excluding hydrogens is 341 g/mol. The predicted octanol–water partition coefficient (Wildman–Crippen LogP) is 4.79. The zero-order valence-electron chi connectivity index (χ0n) is 12.5. The van der Waals surface area contributed by atoms with Gasteiger partial charge in [0.15, 0.2) is 0 Å². The molecule has 0 radical (unpaired) electrons. The number of nitrogens with zero attached hydrogens (tertiary/aromatic N) is 1. The molecule has 0 saturated heterocycles. The second kappa shape index (κ2) is 6.86. The van der Waals surface area contributed by atoms with E-state index in [1.54, 1.807) is 12.1 Å². The van der Waals surface area contributed by atoms with Crippen LogP contribution in [0.3, 0.4) is 0 Å². The number of anilines is 2. The minimum Gasteiger partial charge on any atom is -0.396 e. The summed E-state index contributed by atoms with van der Waals surface area (Å²) in [6.07, 6.45) is 0.859. The van der Waals surface area contributed by atoms with Crippen molar-refractivity contribution in [3.05, 3.63) is 37.8 Å². The number of aromatic nitrogens is 1. The summed E-state index contributed by atoms with van der Waals surface area (Å²) in [6, 6.07) is 3.15. The minimum atomic E-state index is -0.220. The lowest BCUT2D eigenvalue weighted by Gasteiger charge is -2.07. The molecule has 1 aromatic carbocycles. The Labute approximate surface area is 143 Å². The Morgan fingerprint density at radius 2 is 1.95 bits per heavy atom. The second-order valence-corrected chi connectivity index (χ2v) is 7.33. The van der Waals surface area contributed by atoms with E-state index in [9.17, 15) is 4.79 Å². The van der Waals surface area contributed by atoms with Gasteiger partial charge in [0.05, 0.1) is 26.4 Å². The molecule has 0 saturated carbocycles. The SMILES string of the molecule is Cc1nc(CC(C)C)sc1C(=O)Nc1cc(Cl)c(N)c(Cl)c1. The standard InChI is InChI=1S/C15H17Cl2N3OS/c1-7(2)4-12-19-8(3)14(22-12)15(21)20-9-5-10(16)13(18)11(17)6-9/h5-7H,4,18H2,1-3H3,(H,20,21). The molecule has 7 heteroatoms. The van der Waals surface area contributed by atoms with E-state index in [1.165, 1.54) is 11.3 Å². The van der Waals surface area contributed by atoms with Crippen LogP contribution in [0, 0.1) is 12.8 Å². The van der Waals surface area contributed by atoms with Gasteiger partial charge in [0.1, 0.15) is 4.88 Å². The molecule has 2 rings (SSSR count). The minimum absolute atomic E-state index is 0.220. The number of nitrogens with one attached hydrogen (secondary N) is 1. The third-order valence-corrected chi connectivity index (χ3v) is 4.77. The van der Waals surface area contributed by atoms with E-state index in [2.05, 4.69) is 24.1 Å². The van der Waals surface area contributed by atoms with Gasteiger partial charge in [-0.3, -0.25) is 4.79 Å². The summed E-state index contributed by atoms with van der Waals surface area (Å²) >= 11 is 13.4. The molecule has 2 aromatic rings. The lowest BCUT2D eigenvalue weighted by molar-refractivity contribution is 0.103. The van der Waals surface area contributed by atoms with Gasteiger partial charge in [0.2, 0.25) is 0 Å². The number of carbonyl (C=O) groups is 1. The van der Waals surface area contributed by atoms with Gasteiger partial charge in [-0.05, 0) is 25.0 Å². The number of hydrogen-bond acceptors (Lipinski definition) is 4. The Bertz CT molecular complexity index is 690. The number of carbonyl (C=O) groups excluding carboxylic acids is 1. The third-order valence-electron chi connectivity index (χ3n) is 2.97. The number of nitrogens with two attached hydrogens (primary N) is 1. The topological polar surface area (TPSA) is 68.0 Å². The first kappa shape index (κ1) is 17.1. The van der Waals surface area contributed by atoms with Crippen LogP contribution in [0.15, 0.2) is 12.1 Å². The first-order chi connectivity index (χ1) is 10.3. The Kier molecular flexibility index (Phi) is 5.32. The average Bonchev–Trinajstić information content (AvgIpc) is 2.75. The van der Waals surface area contributed by atoms with Crippen LogP contribution in [0.5, 0.6) is 0 Å². The fraction of sp³-hybridized carbons (Fsp3) is 0.333.